The van der Waals surface area contributed by atoms with E-state index in [0.29, 0.717) is 0 Å². The summed E-state index contributed by atoms with van der Waals surface area (Å²) < 4.78 is 31.6. The van der Waals surface area contributed by atoms with Crippen molar-refractivity contribution < 1.29 is 17.5 Å². The van der Waals surface area contributed by atoms with Gasteiger partial charge in [-0.1, -0.05) is 18.2 Å². The van der Waals surface area contributed by atoms with E-state index < -0.39 is 10.4 Å². The summed E-state index contributed by atoms with van der Waals surface area (Å²) in [5.74, 6) is 0.954. The Hall–Kier alpha value is -0.350. The molecule has 0 unspecified atom stereocenters. The summed E-state index contributed by atoms with van der Waals surface area (Å²) in [5, 5.41) is 7.11. The number of nitrogens with two attached hydrogens (primary N) is 2. The molecule has 0 bridgehead atoms. The van der Waals surface area contributed by atoms with Crippen LogP contribution in [-0.4, -0.2) is 35.0 Å². The SMILES string of the molecule is N=C(N)SCCCCCN.O=S(=O)(O)O. The molecule has 0 fully saturated rings. The molecule has 0 heterocycles. The van der Waals surface area contributed by atoms with Crippen molar-refractivity contribution in [2.75, 3.05) is 12.3 Å². The predicted molar refractivity (Wildman–Crippen MR) is 61.5 cm³/mol. The van der Waals surface area contributed by atoms with Crippen molar-refractivity contribution >= 4 is 27.3 Å². The van der Waals surface area contributed by atoms with Crippen LogP contribution in [0, 0.1) is 5.41 Å². The largest absolute Gasteiger partial charge is 0.394 e. The minimum absolute atomic E-state index is 0.216. The van der Waals surface area contributed by atoms with Crippen LogP contribution in [0.1, 0.15) is 19.3 Å². The van der Waals surface area contributed by atoms with E-state index in [2.05, 4.69) is 0 Å². The van der Waals surface area contributed by atoms with E-state index in [1.54, 1.807) is 0 Å². The van der Waals surface area contributed by atoms with Crippen LogP contribution in [0.5, 0.6) is 0 Å². The summed E-state index contributed by atoms with van der Waals surface area (Å²) in [7, 11) is -4.67. The van der Waals surface area contributed by atoms with Crippen LogP contribution in [0.4, 0.5) is 0 Å². The van der Waals surface area contributed by atoms with Crippen LogP contribution in [0.3, 0.4) is 0 Å². The lowest BCUT2D eigenvalue weighted by Gasteiger charge is -1.97. The van der Waals surface area contributed by atoms with E-state index in [-0.39, 0.29) is 5.17 Å². The minimum atomic E-state index is -4.67. The van der Waals surface area contributed by atoms with Gasteiger partial charge in [-0.3, -0.25) is 14.5 Å². The normalized spacial score (nSPS) is 10.3. The molecule has 0 spiro atoms. The molecular formula is C6H17N3O4S2. The highest BCUT2D eigenvalue weighted by atomic mass is 32.3. The lowest BCUT2D eigenvalue weighted by Crippen LogP contribution is -2.04. The maximum atomic E-state index is 8.74. The van der Waals surface area contributed by atoms with Gasteiger partial charge < -0.3 is 11.5 Å². The van der Waals surface area contributed by atoms with Crippen LogP contribution in [-0.2, 0) is 10.4 Å². The first-order valence-electron chi connectivity index (χ1n) is 4.14. The molecule has 0 aromatic carbocycles. The molecule has 9 heteroatoms. The molecule has 0 aromatic rings. The van der Waals surface area contributed by atoms with Gasteiger partial charge in [0.1, 0.15) is 0 Å². The van der Waals surface area contributed by atoms with E-state index in [1.165, 1.54) is 11.8 Å². The number of unbranched alkanes of at least 4 members (excludes halogenated alkanes) is 2. The van der Waals surface area contributed by atoms with E-state index in [0.717, 1.165) is 31.6 Å². The van der Waals surface area contributed by atoms with Gasteiger partial charge in [-0.05, 0) is 19.4 Å². The topological polar surface area (TPSA) is 150 Å². The van der Waals surface area contributed by atoms with E-state index in [4.69, 9.17) is 34.4 Å². The number of hydrogen-bond acceptors (Lipinski definition) is 5. The molecule has 0 saturated carbocycles. The third kappa shape index (κ3) is 41.9. The van der Waals surface area contributed by atoms with Crippen LogP contribution in [0.15, 0.2) is 0 Å². The van der Waals surface area contributed by atoms with Crippen molar-refractivity contribution in [3.8, 4) is 0 Å². The first kappa shape index (κ1) is 17.1. The van der Waals surface area contributed by atoms with Crippen LogP contribution in [0.2, 0.25) is 0 Å². The molecule has 0 aromatic heterocycles. The van der Waals surface area contributed by atoms with Crippen molar-refractivity contribution in [2.45, 2.75) is 19.3 Å². The highest BCUT2D eigenvalue weighted by Gasteiger charge is 1.90. The van der Waals surface area contributed by atoms with Crippen molar-refractivity contribution in [3.63, 3.8) is 0 Å². The second-order valence-electron chi connectivity index (χ2n) is 2.51. The molecule has 0 radical (unpaired) electrons. The molecule has 0 aliphatic carbocycles. The van der Waals surface area contributed by atoms with Gasteiger partial charge in [-0.25, -0.2) is 0 Å². The predicted octanol–water partition coefficient (Wildman–Crippen LogP) is 0.0893. The second kappa shape index (κ2) is 10.2. The summed E-state index contributed by atoms with van der Waals surface area (Å²) in [5.41, 5.74) is 10.4. The number of nitrogens with one attached hydrogen (secondary N) is 1. The third-order valence-electron chi connectivity index (χ3n) is 1.11. The van der Waals surface area contributed by atoms with Gasteiger partial charge in [0.05, 0.1) is 0 Å². The van der Waals surface area contributed by atoms with Gasteiger partial charge >= 0.3 is 10.4 Å². The number of amidine groups is 1. The smallest absolute Gasteiger partial charge is 0.379 e. The Bertz CT molecular complexity index is 247. The Labute approximate surface area is 93.7 Å². The minimum Gasteiger partial charge on any atom is -0.379 e. The quantitative estimate of drug-likeness (QED) is 0.203. The first-order chi connectivity index (χ1) is 6.77. The zero-order valence-corrected chi connectivity index (χ0v) is 9.85. The Balaban J connectivity index is 0. The first-order valence-corrected chi connectivity index (χ1v) is 6.52. The fourth-order valence-corrected chi connectivity index (χ4v) is 1.17. The average molecular weight is 259 g/mol. The Kier molecular flexibility index (Phi) is 11.6. The standard InChI is InChI=1S/C6H15N3S.H2O4S/c7-4-2-1-3-5-10-6(8)9;1-5(2,3)4/h1-5,7H2,(H3,8,9);(H2,1,2,3,4). The van der Waals surface area contributed by atoms with Crippen LogP contribution < -0.4 is 11.5 Å². The molecule has 0 amide bonds. The van der Waals surface area contributed by atoms with Crippen LogP contribution in [0.25, 0.3) is 0 Å². The van der Waals surface area contributed by atoms with Crippen molar-refractivity contribution in [1.82, 2.24) is 0 Å². The fourth-order valence-electron chi connectivity index (χ4n) is 0.605. The molecule has 92 valence electrons. The summed E-state index contributed by atoms with van der Waals surface area (Å²) >= 11 is 1.40. The van der Waals surface area contributed by atoms with Gasteiger partial charge in [0.25, 0.3) is 0 Å². The molecule has 0 aliphatic heterocycles. The summed E-state index contributed by atoms with van der Waals surface area (Å²) in [6.45, 7) is 0.769. The maximum absolute atomic E-state index is 8.74. The molecule has 7 nitrogen and oxygen atoms in total. The monoisotopic (exact) mass is 259 g/mol. The van der Waals surface area contributed by atoms with Gasteiger partial charge in [0.2, 0.25) is 0 Å². The molecule has 0 rings (SSSR count). The molecule has 7 N–H and O–H groups in total. The summed E-state index contributed by atoms with van der Waals surface area (Å²) in [6.07, 6.45) is 3.34. The molecular weight excluding hydrogens is 242 g/mol. The average Bonchev–Trinajstić information content (AvgIpc) is 2.00. The lowest BCUT2D eigenvalue weighted by molar-refractivity contribution is 0.381. The Morgan fingerprint density at radius 1 is 1.27 bits per heavy atom. The molecule has 0 aliphatic rings. The van der Waals surface area contributed by atoms with E-state index in [1.807, 2.05) is 0 Å². The molecule has 15 heavy (non-hydrogen) atoms. The van der Waals surface area contributed by atoms with Gasteiger partial charge in [0, 0.05) is 5.75 Å². The number of rotatable bonds is 5. The van der Waals surface area contributed by atoms with Crippen molar-refractivity contribution in [3.05, 3.63) is 0 Å². The van der Waals surface area contributed by atoms with Gasteiger partial charge in [-0.2, -0.15) is 8.42 Å². The van der Waals surface area contributed by atoms with E-state index in [9.17, 15) is 0 Å². The summed E-state index contributed by atoms with van der Waals surface area (Å²) in [6, 6.07) is 0. The van der Waals surface area contributed by atoms with Crippen molar-refractivity contribution in [1.29, 1.82) is 5.41 Å². The second-order valence-corrected chi connectivity index (χ2v) is 4.54. The van der Waals surface area contributed by atoms with E-state index >= 15 is 0 Å². The van der Waals surface area contributed by atoms with Crippen LogP contribution >= 0.6 is 11.8 Å². The number of hydrogen-bond donors (Lipinski definition) is 5. The number of thioether (sulfide) groups is 1. The third-order valence-corrected chi connectivity index (χ3v) is 1.91. The highest BCUT2D eigenvalue weighted by Crippen LogP contribution is 2.03. The maximum Gasteiger partial charge on any atom is 0.394 e. The molecule has 0 atom stereocenters. The van der Waals surface area contributed by atoms with Crippen molar-refractivity contribution in [2.24, 2.45) is 11.5 Å². The Morgan fingerprint density at radius 2 is 1.73 bits per heavy atom. The zero-order valence-electron chi connectivity index (χ0n) is 8.22. The van der Waals surface area contributed by atoms with Gasteiger partial charge in [0.15, 0.2) is 5.17 Å². The highest BCUT2D eigenvalue weighted by molar-refractivity contribution is 8.13. The molecule has 0 saturated heterocycles. The fraction of sp³-hybridized carbons (Fsp3) is 0.833. The summed E-state index contributed by atoms with van der Waals surface area (Å²) in [4.78, 5) is 0. The van der Waals surface area contributed by atoms with Gasteiger partial charge in [-0.15, -0.1) is 0 Å². The Morgan fingerprint density at radius 3 is 2.07 bits per heavy atom. The zero-order chi connectivity index (χ0) is 12.3. The lowest BCUT2D eigenvalue weighted by atomic mass is 10.2.